The molecule has 2 nitrogen and oxygen atoms in total. The highest BCUT2D eigenvalue weighted by Crippen LogP contribution is 1.85. The molecule has 0 amide bonds. The number of nitrogens with one attached hydrogen (secondary N) is 1. The van der Waals surface area contributed by atoms with Gasteiger partial charge in [0, 0.05) is 5.92 Å². The number of hydrogen-bond donors (Lipinski definition) is 2. The van der Waals surface area contributed by atoms with Crippen molar-refractivity contribution in [2.45, 2.75) is 13.8 Å². The number of halogens is 1. The third-order valence-electron chi connectivity index (χ3n) is 0.622. The normalized spacial score (nSPS) is 7.86. The summed E-state index contributed by atoms with van der Waals surface area (Å²) in [5, 5.41) is 6.73. The molecule has 0 rings (SSSR count). The maximum Gasteiger partial charge on any atom is 1.00 e. The van der Waals surface area contributed by atoms with Crippen LogP contribution in [-0.4, -0.2) is 5.84 Å². The smallest absolute Gasteiger partial charge is 1.00 e. The Balaban J connectivity index is -0.000000125. The summed E-state index contributed by atoms with van der Waals surface area (Å²) < 4.78 is 0. The Kier molecular flexibility index (Phi) is 5.56. The van der Waals surface area contributed by atoms with E-state index >= 15 is 0 Å². The van der Waals surface area contributed by atoms with Crippen LogP contribution in [0.3, 0.4) is 0 Å². The van der Waals surface area contributed by atoms with Gasteiger partial charge >= 0.3 is 1.43 Å². The largest absolute Gasteiger partial charge is 1.00 e. The molecule has 0 fully saturated rings. The van der Waals surface area contributed by atoms with Gasteiger partial charge in [0.2, 0.25) is 0 Å². The highest BCUT2D eigenvalue weighted by molar-refractivity contribution is 5.78. The van der Waals surface area contributed by atoms with Crippen LogP contribution >= 0.6 is 0 Å². The van der Waals surface area contributed by atoms with E-state index in [0.29, 0.717) is 0 Å². The molecule has 0 atom stereocenters. The van der Waals surface area contributed by atoms with Gasteiger partial charge in [-0.1, -0.05) is 13.8 Å². The Bertz CT molecular complexity index is 65.1. The Hall–Kier alpha value is -0.240. The maximum atomic E-state index is 6.73. The minimum absolute atomic E-state index is 0. The maximum absolute atomic E-state index is 6.73. The van der Waals surface area contributed by atoms with Crippen LogP contribution in [0, 0.1) is 11.3 Å². The van der Waals surface area contributed by atoms with Gasteiger partial charge in [0.15, 0.2) is 0 Å². The molecular formula is C4H11ClN2. The van der Waals surface area contributed by atoms with Crippen molar-refractivity contribution in [2.24, 2.45) is 11.7 Å². The van der Waals surface area contributed by atoms with Gasteiger partial charge in [-0.25, -0.2) is 0 Å². The van der Waals surface area contributed by atoms with Gasteiger partial charge in [0.05, 0.1) is 5.84 Å². The van der Waals surface area contributed by atoms with Gasteiger partial charge in [-0.3, -0.25) is 5.41 Å². The predicted molar refractivity (Wildman–Crippen MR) is 27.9 cm³/mol. The predicted octanol–water partition coefficient (Wildman–Crippen LogP) is -2.31. The molecule has 3 heteroatoms. The first kappa shape index (κ1) is 9.90. The fourth-order valence-electron chi connectivity index (χ4n) is 0. The van der Waals surface area contributed by atoms with Crippen LogP contribution in [0.25, 0.3) is 0 Å². The van der Waals surface area contributed by atoms with Gasteiger partial charge in [0.1, 0.15) is 0 Å². The third-order valence-corrected chi connectivity index (χ3v) is 0.622. The molecular weight excluding hydrogens is 112 g/mol. The first-order valence-electron chi connectivity index (χ1n) is 1.98. The van der Waals surface area contributed by atoms with Crippen molar-refractivity contribution in [3.8, 4) is 0 Å². The molecule has 0 aliphatic carbocycles. The summed E-state index contributed by atoms with van der Waals surface area (Å²) in [5.74, 6) is 0.472. The first-order valence-corrected chi connectivity index (χ1v) is 1.98. The Morgan fingerprint density at radius 2 is 1.86 bits per heavy atom. The lowest BCUT2D eigenvalue weighted by atomic mass is 10.2. The van der Waals surface area contributed by atoms with Gasteiger partial charge in [0.25, 0.3) is 0 Å². The zero-order chi connectivity index (χ0) is 5.15. The van der Waals surface area contributed by atoms with Crippen molar-refractivity contribution in [1.29, 1.82) is 5.41 Å². The molecule has 0 heterocycles. The van der Waals surface area contributed by atoms with E-state index in [-0.39, 0.29) is 25.6 Å². The first-order chi connectivity index (χ1) is 2.64. The zero-order valence-electron chi connectivity index (χ0n) is 5.53. The molecule has 0 radical (unpaired) electrons. The summed E-state index contributed by atoms with van der Waals surface area (Å²) in [7, 11) is 0. The Labute approximate surface area is 51.5 Å². The van der Waals surface area contributed by atoms with Crippen LogP contribution < -0.4 is 18.1 Å². The van der Waals surface area contributed by atoms with E-state index in [4.69, 9.17) is 11.1 Å². The monoisotopic (exact) mass is 122 g/mol. The van der Waals surface area contributed by atoms with E-state index < -0.39 is 0 Å². The molecule has 3 N–H and O–H groups in total. The summed E-state index contributed by atoms with van der Waals surface area (Å²) >= 11 is 0. The van der Waals surface area contributed by atoms with Crippen LogP contribution in [0.2, 0.25) is 0 Å². The average molecular weight is 123 g/mol. The Morgan fingerprint density at radius 3 is 1.86 bits per heavy atom. The summed E-state index contributed by atoms with van der Waals surface area (Å²) in [6.45, 7) is 3.78. The molecule has 0 aromatic heterocycles. The standard InChI is InChI=1S/C4H10N2.ClH/c1-3(2)4(5)6;/h3H,1-2H3,(H3,5,6);1H. The van der Waals surface area contributed by atoms with Crippen molar-refractivity contribution in [3.05, 3.63) is 0 Å². The molecule has 0 bridgehead atoms. The lowest BCUT2D eigenvalue weighted by Gasteiger charge is -1.95. The topological polar surface area (TPSA) is 49.9 Å². The highest BCUT2D eigenvalue weighted by atomic mass is 35.5. The minimum atomic E-state index is 0. The fraction of sp³-hybridized carbons (Fsp3) is 0.750. The number of rotatable bonds is 1. The summed E-state index contributed by atoms with van der Waals surface area (Å²) in [4.78, 5) is 0. The van der Waals surface area contributed by atoms with E-state index in [9.17, 15) is 0 Å². The van der Waals surface area contributed by atoms with Crippen LogP contribution in [0.15, 0.2) is 0 Å². The van der Waals surface area contributed by atoms with Crippen LogP contribution in [-0.2, 0) is 0 Å². The van der Waals surface area contributed by atoms with E-state index in [2.05, 4.69) is 0 Å². The molecule has 0 spiro atoms. The summed E-state index contributed by atoms with van der Waals surface area (Å²) in [6, 6.07) is 0. The molecule has 0 aromatic rings. The van der Waals surface area contributed by atoms with Crippen LogP contribution in [0.4, 0.5) is 0 Å². The van der Waals surface area contributed by atoms with Crippen molar-refractivity contribution >= 4 is 5.84 Å². The number of amidine groups is 1. The molecule has 0 aliphatic heterocycles. The van der Waals surface area contributed by atoms with E-state index in [1.807, 2.05) is 13.8 Å². The van der Waals surface area contributed by atoms with Crippen molar-refractivity contribution in [2.75, 3.05) is 0 Å². The summed E-state index contributed by atoms with van der Waals surface area (Å²) in [6.07, 6.45) is 0. The third kappa shape index (κ3) is 5.76. The fourth-order valence-corrected chi connectivity index (χ4v) is 0. The van der Waals surface area contributed by atoms with Gasteiger partial charge in [-0.15, -0.1) is 0 Å². The van der Waals surface area contributed by atoms with E-state index in [1.54, 1.807) is 0 Å². The minimum Gasteiger partial charge on any atom is -1.00 e. The highest BCUT2D eigenvalue weighted by Gasteiger charge is 1.91. The van der Waals surface area contributed by atoms with Gasteiger partial charge in [-0.2, -0.15) is 0 Å². The van der Waals surface area contributed by atoms with E-state index in [0.717, 1.165) is 0 Å². The van der Waals surface area contributed by atoms with Crippen LogP contribution in [0.1, 0.15) is 15.3 Å². The van der Waals surface area contributed by atoms with Gasteiger partial charge < -0.3 is 18.1 Å². The zero-order valence-corrected chi connectivity index (χ0v) is 5.29. The number of nitrogens with two attached hydrogens (primary N) is 1. The van der Waals surface area contributed by atoms with Crippen molar-refractivity contribution < 1.29 is 13.8 Å². The van der Waals surface area contributed by atoms with Crippen molar-refractivity contribution in [3.63, 3.8) is 0 Å². The molecule has 0 aliphatic rings. The second-order valence-corrected chi connectivity index (χ2v) is 1.61. The van der Waals surface area contributed by atoms with Crippen molar-refractivity contribution in [1.82, 2.24) is 0 Å². The average Bonchev–Trinajstić information content (AvgIpc) is 1.36. The second-order valence-electron chi connectivity index (χ2n) is 1.61. The second kappa shape index (κ2) is 3.93. The SMILES string of the molecule is CC(C)C(=N)N.[Cl-].[H+]. The van der Waals surface area contributed by atoms with E-state index in [1.165, 1.54) is 0 Å². The molecule has 0 unspecified atom stereocenters. The quantitative estimate of drug-likeness (QED) is 0.298. The molecule has 7 heavy (non-hydrogen) atoms. The molecule has 44 valence electrons. The summed E-state index contributed by atoms with van der Waals surface area (Å²) in [5.41, 5.74) is 5.02. The Morgan fingerprint density at radius 1 is 1.71 bits per heavy atom. The van der Waals surface area contributed by atoms with Gasteiger partial charge in [-0.05, 0) is 0 Å². The lowest BCUT2D eigenvalue weighted by Crippen LogP contribution is -3.00. The number of hydrogen-bond acceptors (Lipinski definition) is 1. The van der Waals surface area contributed by atoms with Crippen LogP contribution in [0.5, 0.6) is 0 Å². The molecule has 0 aromatic carbocycles. The molecule has 0 saturated carbocycles. The molecule has 0 saturated heterocycles. The lowest BCUT2D eigenvalue weighted by molar-refractivity contribution is -0.00000183.